The van der Waals surface area contributed by atoms with Crippen LogP contribution in [0.25, 0.3) is 27.9 Å². The summed E-state index contributed by atoms with van der Waals surface area (Å²) in [4.78, 5) is 16.6. The highest BCUT2D eigenvalue weighted by Crippen LogP contribution is 2.48. The van der Waals surface area contributed by atoms with Crippen molar-refractivity contribution in [1.82, 2.24) is 15.0 Å². The second-order valence-electron chi connectivity index (χ2n) is 7.81. The quantitative estimate of drug-likeness (QED) is 0.413. The Morgan fingerprint density at radius 2 is 1.73 bits per heavy atom. The number of nitrogens with zero attached hydrogens (tertiary/aromatic N) is 4. The maximum Gasteiger partial charge on any atom is 0.160 e. The molecule has 0 N–H and O–H groups in total. The first-order valence-electron chi connectivity index (χ1n) is 10.3. The first-order valence-corrected chi connectivity index (χ1v) is 10.3. The van der Waals surface area contributed by atoms with E-state index in [0.717, 1.165) is 45.8 Å². The zero-order chi connectivity index (χ0) is 20.1. The smallest absolute Gasteiger partial charge is 0.160 e. The fraction of sp³-hybridized carbons (Fsp3) is 0.115. The molecule has 0 unspecified atom stereocenters. The number of aromatic nitrogens is 3. The number of rotatable bonds is 2. The van der Waals surface area contributed by atoms with Gasteiger partial charge in [0, 0.05) is 29.2 Å². The van der Waals surface area contributed by atoms with Gasteiger partial charge in [0.15, 0.2) is 5.82 Å². The second kappa shape index (κ2) is 6.63. The van der Waals surface area contributed by atoms with Crippen molar-refractivity contribution in [2.75, 3.05) is 4.90 Å². The normalized spacial score (nSPS) is 17.4. The minimum absolute atomic E-state index is 0.379. The van der Waals surface area contributed by atoms with Crippen LogP contribution in [0.3, 0.4) is 0 Å². The summed E-state index contributed by atoms with van der Waals surface area (Å²) in [7, 11) is 0. The summed E-state index contributed by atoms with van der Waals surface area (Å²) in [5.41, 5.74) is 7.77. The van der Waals surface area contributed by atoms with Gasteiger partial charge < -0.3 is 4.90 Å². The van der Waals surface area contributed by atoms with E-state index in [2.05, 4.69) is 71.4 Å². The van der Waals surface area contributed by atoms with Crippen molar-refractivity contribution in [3.05, 3.63) is 96.6 Å². The third-order valence-corrected chi connectivity index (χ3v) is 5.93. The third kappa shape index (κ3) is 2.50. The summed E-state index contributed by atoms with van der Waals surface area (Å²) < 4.78 is 0. The molecule has 4 heteroatoms. The maximum atomic E-state index is 5.12. The molecule has 0 fully saturated rings. The molecule has 4 aromatic rings. The second-order valence-corrected chi connectivity index (χ2v) is 7.81. The molecule has 0 saturated heterocycles. The van der Waals surface area contributed by atoms with E-state index in [4.69, 9.17) is 9.97 Å². The molecule has 6 rings (SSSR count). The van der Waals surface area contributed by atoms with Crippen LogP contribution in [0.1, 0.15) is 19.0 Å². The van der Waals surface area contributed by atoms with Crippen molar-refractivity contribution in [3.63, 3.8) is 0 Å². The van der Waals surface area contributed by atoms with E-state index >= 15 is 0 Å². The van der Waals surface area contributed by atoms with Gasteiger partial charge in [0.1, 0.15) is 0 Å². The zero-order valence-corrected chi connectivity index (χ0v) is 16.7. The van der Waals surface area contributed by atoms with Crippen molar-refractivity contribution < 1.29 is 0 Å². The highest BCUT2D eigenvalue weighted by atomic mass is 15.2. The van der Waals surface area contributed by atoms with Gasteiger partial charge in [-0.3, -0.25) is 4.98 Å². The fourth-order valence-electron chi connectivity index (χ4n) is 4.56. The standard InChI is InChI=1S/C26H20N4/c1-17-7-5-11-21-23(17)25-24-20(28-26(29-25)18-8-3-2-4-9-18)10-6-12-22(24)30(21)19-13-15-27-16-14-19/h2-6,8-17H,7H2,1H3/t17-/m1/s1. The lowest BCUT2D eigenvalue weighted by molar-refractivity contribution is 0.744. The summed E-state index contributed by atoms with van der Waals surface area (Å²) >= 11 is 0. The van der Waals surface area contributed by atoms with Crippen LogP contribution >= 0.6 is 0 Å². The van der Waals surface area contributed by atoms with Crippen LogP contribution in [-0.2, 0) is 0 Å². The fourth-order valence-corrected chi connectivity index (χ4v) is 4.56. The van der Waals surface area contributed by atoms with Crippen LogP contribution in [0.5, 0.6) is 0 Å². The molecule has 3 heterocycles. The van der Waals surface area contributed by atoms with Gasteiger partial charge >= 0.3 is 0 Å². The van der Waals surface area contributed by atoms with Crippen LogP contribution in [0.4, 0.5) is 11.4 Å². The molecule has 0 bridgehead atoms. The minimum Gasteiger partial charge on any atom is -0.309 e. The van der Waals surface area contributed by atoms with Gasteiger partial charge in [-0.1, -0.05) is 49.4 Å². The number of hydrogen-bond acceptors (Lipinski definition) is 4. The molecule has 0 radical (unpaired) electrons. The number of hydrogen-bond donors (Lipinski definition) is 0. The Balaban J connectivity index is 1.70. The average molecular weight is 388 g/mol. The summed E-state index contributed by atoms with van der Waals surface area (Å²) in [6.45, 7) is 2.29. The number of anilines is 2. The molecule has 2 aliphatic rings. The molecule has 30 heavy (non-hydrogen) atoms. The Morgan fingerprint density at radius 3 is 2.57 bits per heavy atom. The van der Waals surface area contributed by atoms with Crippen molar-refractivity contribution in [2.24, 2.45) is 5.92 Å². The predicted octanol–water partition coefficient (Wildman–Crippen LogP) is 6.15. The van der Waals surface area contributed by atoms with Gasteiger partial charge in [-0.05, 0) is 42.7 Å². The molecule has 2 aromatic carbocycles. The van der Waals surface area contributed by atoms with Gasteiger partial charge in [-0.15, -0.1) is 0 Å². The molecular weight excluding hydrogens is 368 g/mol. The Hall–Kier alpha value is -3.79. The van der Waals surface area contributed by atoms with Gasteiger partial charge in [-0.25, -0.2) is 9.97 Å². The van der Waals surface area contributed by atoms with E-state index in [1.165, 1.54) is 11.3 Å². The minimum atomic E-state index is 0.379. The highest BCUT2D eigenvalue weighted by Gasteiger charge is 2.32. The van der Waals surface area contributed by atoms with Crippen molar-refractivity contribution >= 4 is 27.9 Å². The number of fused-ring (bicyclic) bond motifs is 1. The van der Waals surface area contributed by atoms with Crippen LogP contribution in [0, 0.1) is 5.92 Å². The summed E-state index contributed by atoms with van der Waals surface area (Å²) in [5.74, 6) is 1.16. The summed E-state index contributed by atoms with van der Waals surface area (Å²) in [5, 5.41) is 1.12. The Kier molecular flexibility index (Phi) is 3.78. The van der Waals surface area contributed by atoms with E-state index < -0.39 is 0 Å². The molecule has 0 saturated carbocycles. The average Bonchev–Trinajstić information content (AvgIpc) is 2.80. The SMILES string of the molecule is C[C@@H]1CC=CC2=C1c1nc(-c3ccccc3)nc3cccc(c13)N2c1ccncc1. The largest absolute Gasteiger partial charge is 0.309 e. The first-order chi connectivity index (χ1) is 14.8. The zero-order valence-electron chi connectivity index (χ0n) is 16.7. The summed E-state index contributed by atoms with van der Waals surface area (Å²) in [6.07, 6.45) is 9.20. The number of benzene rings is 2. The van der Waals surface area contributed by atoms with E-state index in [0.29, 0.717) is 5.92 Å². The lowest BCUT2D eigenvalue weighted by Crippen LogP contribution is -2.25. The highest BCUT2D eigenvalue weighted by molar-refractivity contribution is 6.07. The predicted molar refractivity (Wildman–Crippen MR) is 121 cm³/mol. The Bertz CT molecular complexity index is 1320. The molecule has 1 atom stereocenters. The molecule has 1 aliphatic carbocycles. The molecular formula is C26H20N4. The molecule has 0 spiro atoms. The number of allylic oxidation sites excluding steroid dienone is 3. The Morgan fingerprint density at radius 1 is 0.900 bits per heavy atom. The lowest BCUT2D eigenvalue weighted by atomic mass is 9.84. The van der Waals surface area contributed by atoms with Crippen molar-refractivity contribution in [2.45, 2.75) is 13.3 Å². The van der Waals surface area contributed by atoms with Gasteiger partial charge in [0.05, 0.1) is 28.0 Å². The van der Waals surface area contributed by atoms with E-state index in [-0.39, 0.29) is 0 Å². The molecule has 4 nitrogen and oxygen atoms in total. The first kappa shape index (κ1) is 17.1. The van der Waals surface area contributed by atoms with Crippen LogP contribution in [0.15, 0.2) is 90.9 Å². The summed E-state index contributed by atoms with van der Waals surface area (Å²) in [6, 6.07) is 20.7. The molecule has 2 aromatic heterocycles. The molecule has 1 aliphatic heterocycles. The van der Waals surface area contributed by atoms with E-state index in [9.17, 15) is 0 Å². The van der Waals surface area contributed by atoms with Crippen molar-refractivity contribution in [1.29, 1.82) is 0 Å². The van der Waals surface area contributed by atoms with Gasteiger partial charge in [-0.2, -0.15) is 0 Å². The van der Waals surface area contributed by atoms with Crippen LogP contribution in [0.2, 0.25) is 0 Å². The van der Waals surface area contributed by atoms with Crippen molar-refractivity contribution in [3.8, 4) is 11.4 Å². The van der Waals surface area contributed by atoms with Gasteiger partial charge in [0.2, 0.25) is 0 Å². The molecule has 0 amide bonds. The van der Waals surface area contributed by atoms with Gasteiger partial charge in [0.25, 0.3) is 0 Å². The maximum absolute atomic E-state index is 5.12. The number of pyridine rings is 1. The lowest BCUT2D eigenvalue weighted by Gasteiger charge is -2.37. The van der Waals surface area contributed by atoms with Crippen LogP contribution in [-0.4, -0.2) is 15.0 Å². The van der Waals surface area contributed by atoms with E-state index in [1.54, 1.807) is 0 Å². The molecule has 144 valence electrons. The van der Waals surface area contributed by atoms with E-state index in [1.807, 2.05) is 30.6 Å². The third-order valence-electron chi connectivity index (χ3n) is 5.93. The topological polar surface area (TPSA) is 41.9 Å². The van der Waals surface area contributed by atoms with Crippen LogP contribution < -0.4 is 4.90 Å². The Labute approximate surface area is 175 Å². The monoisotopic (exact) mass is 388 g/mol.